The topological polar surface area (TPSA) is 86.7 Å². The number of sulfonamides is 1. The van der Waals surface area contributed by atoms with Crippen LogP contribution in [0.15, 0.2) is 64.9 Å². The van der Waals surface area contributed by atoms with E-state index in [1.54, 1.807) is 18.2 Å². The molecule has 1 heterocycles. The van der Waals surface area contributed by atoms with E-state index in [0.717, 1.165) is 33.0 Å². The fourth-order valence-corrected chi connectivity index (χ4v) is 6.44. The lowest BCUT2D eigenvalue weighted by Crippen LogP contribution is -2.44. The number of carboxylic acids is 1. The standard InChI is InChI=1S/C22H21ClN2O4S2/c1-25(2)17-5-3-4-15(12-17)18-13-22(18,21(26)27)24-31(28,29)20-11-10-19(30-20)14-6-8-16(23)9-7-14/h3-12,18,24H,13H2,1-2H3,(H,26,27). The zero-order chi connectivity index (χ0) is 22.4. The van der Waals surface area contributed by atoms with Crippen LogP contribution in [0.4, 0.5) is 5.69 Å². The van der Waals surface area contributed by atoms with Crippen LogP contribution in [0.1, 0.15) is 17.9 Å². The van der Waals surface area contributed by atoms with Crippen molar-refractivity contribution >= 4 is 44.6 Å². The van der Waals surface area contributed by atoms with Gasteiger partial charge in [0.15, 0.2) is 0 Å². The van der Waals surface area contributed by atoms with E-state index in [2.05, 4.69) is 4.72 Å². The molecule has 6 nitrogen and oxygen atoms in total. The third-order valence-corrected chi connectivity index (χ3v) is 8.81. The Morgan fingerprint density at radius 3 is 2.52 bits per heavy atom. The number of carbonyl (C=O) groups is 1. The molecule has 1 saturated carbocycles. The molecule has 9 heteroatoms. The Bertz CT molecular complexity index is 1240. The average molecular weight is 477 g/mol. The highest BCUT2D eigenvalue weighted by Crippen LogP contribution is 2.53. The average Bonchev–Trinajstić information content (AvgIpc) is 3.22. The molecular weight excluding hydrogens is 456 g/mol. The smallest absolute Gasteiger partial charge is 0.325 e. The van der Waals surface area contributed by atoms with Crippen molar-refractivity contribution in [2.75, 3.05) is 19.0 Å². The number of nitrogens with zero attached hydrogens (tertiary/aromatic N) is 1. The summed E-state index contributed by atoms with van der Waals surface area (Å²) in [5.74, 6) is -1.61. The van der Waals surface area contributed by atoms with E-state index in [-0.39, 0.29) is 10.6 Å². The molecule has 0 aliphatic heterocycles. The first kappa shape index (κ1) is 21.8. The first-order valence-electron chi connectivity index (χ1n) is 9.53. The number of hydrogen-bond acceptors (Lipinski definition) is 5. The van der Waals surface area contributed by atoms with E-state index in [1.807, 2.05) is 55.4 Å². The second kappa shape index (κ2) is 7.94. The minimum atomic E-state index is -4.01. The van der Waals surface area contributed by atoms with Gasteiger partial charge in [-0.25, -0.2) is 8.42 Å². The number of benzene rings is 2. The molecule has 1 aliphatic rings. The van der Waals surface area contributed by atoms with Gasteiger partial charge >= 0.3 is 5.97 Å². The Labute approximate surface area is 190 Å². The molecule has 1 aliphatic carbocycles. The summed E-state index contributed by atoms with van der Waals surface area (Å²) in [5.41, 5.74) is 1.02. The van der Waals surface area contributed by atoms with Gasteiger partial charge in [0.2, 0.25) is 0 Å². The molecule has 0 saturated heterocycles. The molecule has 3 aromatic rings. The van der Waals surface area contributed by atoms with Crippen LogP contribution in [-0.4, -0.2) is 39.1 Å². The first-order chi connectivity index (χ1) is 14.6. The van der Waals surface area contributed by atoms with Crippen molar-refractivity contribution in [3.05, 3.63) is 71.2 Å². The van der Waals surface area contributed by atoms with Gasteiger partial charge in [-0.3, -0.25) is 4.79 Å². The number of rotatable bonds is 7. The van der Waals surface area contributed by atoms with Crippen LogP contribution < -0.4 is 9.62 Å². The van der Waals surface area contributed by atoms with Crippen LogP contribution in [0, 0.1) is 0 Å². The minimum Gasteiger partial charge on any atom is -0.480 e. The van der Waals surface area contributed by atoms with Crippen LogP contribution in [0.3, 0.4) is 0 Å². The SMILES string of the molecule is CN(C)c1cccc(C2CC2(NS(=O)(=O)c2ccc(-c3ccc(Cl)cc3)s2)C(=O)O)c1. The summed E-state index contributed by atoms with van der Waals surface area (Å²) in [6.45, 7) is 0. The Kier molecular flexibility index (Phi) is 5.59. The van der Waals surface area contributed by atoms with E-state index in [0.29, 0.717) is 5.02 Å². The van der Waals surface area contributed by atoms with Crippen molar-refractivity contribution in [2.24, 2.45) is 0 Å². The quantitative estimate of drug-likeness (QED) is 0.527. The predicted molar refractivity (Wildman–Crippen MR) is 124 cm³/mol. The third kappa shape index (κ3) is 4.21. The Balaban J connectivity index is 1.60. The molecular formula is C22H21ClN2O4S2. The molecule has 2 aromatic carbocycles. The summed E-state index contributed by atoms with van der Waals surface area (Å²) in [6.07, 6.45) is 0.202. The summed E-state index contributed by atoms with van der Waals surface area (Å²) in [5, 5.41) is 10.5. The molecule has 1 aromatic heterocycles. The monoisotopic (exact) mass is 476 g/mol. The van der Waals surface area contributed by atoms with E-state index in [9.17, 15) is 18.3 Å². The van der Waals surface area contributed by atoms with Crippen LogP contribution in [0.2, 0.25) is 5.02 Å². The molecule has 0 spiro atoms. The fraction of sp³-hybridized carbons (Fsp3) is 0.227. The van der Waals surface area contributed by atoms with Gasteiger partial charge in [-0.05, 0) is 53.9 Å². The van der Waals surface area contributed by atoms with Gasteiger partial charge in [-0.1, -0.05) is 35.9 Å². The van der Waals surface area contributed by atoms with Crippen molar-refractivity contribution in [3.8, 4) is 10.4 Å². The molecule has 2 atom stereocenters. The molecule has 0 bridgehead atoms. The number of anilines is 1. The third-order valence-electron chi connectivity index (χ3n) is 5.42. The molecule has 2 N–H and O–H groups in total. The van der Waals surface area contributed by atoms with Crippen LogP contribution >= 0.6 is 22.9 Å². The normalized spacial score (nSPS) is 20.4. The fourth-order valence-electron chi connectivity index (χ4n) is 3.60. The highest BCUT2D eigenvalue weighted by molar-refractivity contribution is 7.91. The van der Waals surface area contributed by atoms with Gasteiger partial charge in [-0.2, -0.15) is 4.72 Å². The maximum Gasteiger partial charge on any atom is 0.325 e. The zero-order valence-corrected chi connectivity index (χ0v) is 19.3. The first-order valence-corrected chi connectivity index (χ1v) is 12.2. The van der Waals surface area contributed by atoms with Gasteiger partial charge < -0.3 is 10.0 Å². The molecule has 0 radical (unpaired) electrons. The molecule has 162 valence electrons. The van der Waals surface area contributed by atoms with Crippen molar-refractivity contribution in [1.82, 2.24) is 4.72 Å². The van der Waals surface area contributed by atoms with Gasteiger partial charge in [0, 0.05) is 35.6 Å². The summed E-state index contributed by atoms with van der Waals surface area (Å²) in [7, 11) is -0.218. The maximum absolute atomic E-state index is 13.0. The highest BCUT2D eigenvalue weighted by Gasteiger charge is 2.63. The number of thiophene rings is 1. The number of nitrogens with one attached hydrogen (secondary N) is 1. The minimum absolute atomic E-state index is 0.0748. The predicted octanol–water partition coefficient (Wildman–Crippen LogP) is 4.42. The molecule has 4 rings (SSSR count). The molecule has 0 amide bonds. The summed E-state index contributed by atoms with van der Waals surface area (Å²) >= 11 is 7.01. The van der Waals surface area contributed by atoms with Crippen LogP contribution in [0.5, 0.6) is 0 Å². The second-order valence-corrected chi connectivity index (χ2v) is 11.2. The van der Waals surface area contributed by atoms with Crippen LogP contribution in [-0.2, 0) is 14.8 Å². The molecule has 1 fully saturated rings. The van der Waals surface area contributed by atoms with Gasteiger partial charge in [0.05, 0.1) is 0 Å². The van der Waals surface area contributed by atoms with Crippen LogP contribution in [0.25, 0.3) is 10.4 Å². The Morgan fingerprint density at radius 1 is 1.16 bits per heavy atom. The van der Waals surface area contributed by atoms with E-state index < -0.39 is 27.4 Å². The van der Waals surface area contributed by atoms with E-state index in [4.69, 9.17) is 11.6 Å². The van der Waals surface area contributed by atoms with Crippen molar-refractivity contribution in [1.29, 1.82) is 0 Å². The van der Waals surface area contributed by atoms with Gasteiger partial charge in [-0.15, -0.1) is 11.3 Å². The lowest BCUT2D eigenvalue weighted by Gasteiger charge is -2.17. The Hall–Kier alpha value is -2.39. The molecule has 31 heavy (non-hydrogen) atoms. The summed E-state index contributed by atoms with van der Waals surface area (Å²) in [4.78, 5) is 14.8. The number of carboxylic acid groups (broad SMARTS) is 1. The summed E-state index contributed by atoms with van der Waals surface area (Å²) < 4.78 is 28.7. The highest BCUT2D eigenvalue weighted by atomic mass is 35.5. The van der Waals surface area contributed by atoms with Gasteiger partial charge in [0.1, 0.15) is 9.75 Å². The lowest BCUT2D eigenvalue weighted by molar-refractivity contribution is -0.140. The molecule has 2 unspecified atom stereocenters. The van der Waals surface area contributed by atoms with Crippen molar-refractivity contribution in [3.63, 3.8) is 0 Å². The number of hydrogen-bond donors (Lipinski definition) is 2. The van der Waals surface area contributed by atoms with E-state index >= 15 is 0 Å². The van der Waals surface area contributed by atoms with E-state index in [1.165, 1.54) is 6.07 Å². The Morgan fingerprint density at radius 2 is 1.87 bits per heavy atom. The summed E-state index contributed by atoms with van der Waals surface area (Å²) in [6, 6.07) is 17.8. The van der Waals surface area contributed by atoms with Crippen molar-refractivity contribution in [2.45, 2.75) is 22.1 Å². The lowest BCUT2D eigenvalue weighted by atomic mass is 10.1. The number of halogens is 1. The van der Waals surface area contributed by atoms with Gasteiger partial charge in [0.25, 0.3) is 10.0 Å². The number of aliphatic carboxylic acids is 1. The second-order valence-electron chi connectivity index (χ2n) is 7.75. The zero-order valence-electron chi connectivity index (χ0n) is 16.9. The van der Waals surface area contributed by atoms with Crippen molar-refractivity contribution < 1.29 is 18.3 Å². The maximum atomic E-state index is 13.0. The largest absolute Gasteiger partial charge is 0.480 e.